The van der Waals surface area contributed by atoms with Gasteiger partial charge in [0.25, 0.3) is 5.91 Å². The fourth-order valence-corrected chi connectivity index (χ4v) is 4.19. The molecule has 4 rings (SSSR count). The molecule has 1 aliphatic rings. The number of carbonyl (C=O) groups is 1. The molecule has 1 unspecified atom stereocenters. The molecule has 0 aliphatic carbocycles. The first-order valence-corrected chi connectivity index (χ1v) is 10.4. The predicted octanol–water partition coefficient (Wildman–Crippen LogP) is 4.25. The zero-order valence-corrected chi connectivity index (χ0v) is 17.6. The van der Waals surface area contributed by atoms with E-state index in [-0.39, 0.29) is 5.91 Å². The van der Waals surface area contributed by atoms with Crippen LogP contribution in [0.3, 0.4) is 0 Å². The minimum Gasteiger partial charge on any atom is -0.493 e. The van der Waals surface area contributed by atoms with E-state index in [0.717, 1.165) is 24.9 Å². The fourth-order valence-electron chi connectivity index (χ4n) is 4.19. The van der Waals surface area contributed by atoms with Crippen molar-refractivity contribution in [2.45, 2.75) is 25.4 Å². The highest BCUT2D eigenvalue weighted by Crippen LogP contribution is 2.29. The molecule has 1 fully saturated rings. The summed E-state index contributed by atoms with van der Waals surface area (Å²) in [6.45, 7) is 2.25. The lowest BCUT2D eigenvalue weighted by Crippen LogP contribution is -2.40. The van der Waals surface area contributed by atoms with Crippen molar-refractivity contribution in [1.29, 1.82) is 0 Å². The van der Waals surface area contributed by atoms with Gasteiger partial charge in [0.1, 0.15) is 0 Å². The van der Waals surface area contributed by atoms with Gasteiger partial charge in [-0.05, 0) is 53.9 Å². The van der Waals surface area contributed by atoms with Crippen LogP contribution in [0.1, 0.15) is 28.8 Å². The Morgan fingerprint density at radius 2 is 1.83 bits per heavy atom. The Morgan fingerprint density at radius 3 is 2.60 bits per heavy atom. The molecule has 1 atom stereocenters. The summed E-state index contributed by atoms with van der Waals surface area (Å²) in [6.07, 6.45) is 2.24. The van der Waals surface area contributed by atoms with Gasteiger partial charge in [-0.3, -0.25) is 4.79 Å². The fraction of sp³-hybridized carbons (Fsp3) is 0.320. The lowest BCUT2D eigenvalue weighted by Gasteiger charge is -2.27. The van der Waals surface area contributed by atoms with Crippen molar-refractivity contribution in [3.63, 3.8) is 0 Å². The summed E-state index contributed by atoms with van der Waals surface area (Å²) >= 11 is 0. The van der Waals surface area contributed by atoms with E-state index in [1.807, 2.05) is 23.1 Å². The Balaban J connectivity index is 1.66. The molecule has 0 radical (unpaired) electrons. The van der Waals surface area contributed by atoms with E-state index in [2.05, 4.69) is 35.6 Å². The standard InChI is InChI=1S/C25H28N2O3/c1-29-23-13-12-19(15-24(23)30-2)25(28)27(17-21-10-6-14-26-21)16-20-9-5-8-18-7-3-4-11-22(18)20/h3-5,7-9,11-13,15,21,26H,6,10,14,16-17H2,1-2H3. The zero-order valence-electron chi connectivity index (χ0n) is 17.6. The van der Waals surface area contributed by atoms with Crippen molar-refractivity contribution in [2.24, 2.45) is 0 Å². The van der Waals surface area contributed by atoms with Crippen LogP contribution in [0.25, 0.3) is 10.8 Å². The van der Waals surface area contributed by atoms with Crippen molar-refractivity contribution in [2.75, 3.05) is 27.3 Å². The maximum absolute atomic E-state index is 13.5. The number of amides is 1. The van der Waals surface area contributed by atoms with Gasteiger partial charge in [0.15, 0.2) is 11.5 Å². The van der Waals surface area contributed by atoms with Crippen LogP contribution < -0.4 is 14.8 Å². The number of fused-ring (bicyclic) bond motifs is 1. The molecule has 3 aromatic carbocycles. The molecule has 3 aromatic rings. The van der Waals surface area contributed by atoms with E-state index in [1.165, 1.54) is 10.8 Å². The van der Waals surface area contributed by atoms with Gasteiger partial charge >= 0.3 is 0 Å². The van der Waals surface area contributed by atoms with Crippen LogP contribution in [0.5, 0.6) is 11.5 Å². The zero-order chi connectivity index (χ0) is 20.9. The smallest absolute Gasteiger partial charge is 0.254 e. The SMILES string of the molecule is COc1ccc(C(=O)N(Cc2cccc3ccccc23)CC2CCCN2)cc1OC. The van der Waals surface area contributed by atoms with Gasteiger partial charge in [0.2, 0.25) is 0 Å². The number of nitrogens with one attached hydrogen (secondary N) is 1. The van der Waals surface area contributed by atoms with E-state index >= 15 is 0 Å². The van der Waals surface area contributed by atoms with Crippen molar-refractivity contribution < 1.29 is 14.3 Å². The molecule has 0 aromatic heterocycles. The largest absolute Gasteiger partial charge is 0.493 e. The third-order valence-corrected chi connectivity index (χ3v) is 5.76. The monoisotopic (exact) mass is 404 g/mol. The Bertz CT molecular complexity index is 1020. The van der Waals surface area contributed by atoms with Crippen molar-refractivity contribution in [1.82, 2.24) is 10.2 Å². The number of hydrogen-bond donors (Lipinski definition) is 1. The van der Waals surface area contributed by atoms with Gasteiger partial charge in [-0.2, -0.15) is 0 Å². The number of ether oxygens (including phenoxy) is 2. The lowest BCUT2D eigenvalue weighted by atomic mass is 10.0. The normalized spacial score (nSPS) is 15.9. The summed E-state index contributed by atoms with van der Waals surface area (Å²) in [6, 6.07) is 20.3. The quantitative estimate of drug-likeness (QED) is 0.640. The van der Waals surface area contributed by atoms with E-state index in [1.54, 1.807) is 26.4 Å². The first-order valence-electron chi connectivity index (χ1n) is 10.4. The van der Waals surface area contributed by atoms with Crippen LogP contribution >= 0.6 is 0 Å². The highest BCUT2D eigenvalue weighted by Gasteiger charge is 2.24. The van der Waals surface area contributed by atoms with Crippen molar-refractivity contribution in [3.8, 4) is 11.5 Å². The van der Waals surface area contributed by atoms with Crippen LogP contribution in [0, 0.1) is 0 Å². The van der Waals surface area contributed by atoms with Crippen LogP contribution in [0.15, 0.2) is 60.7 Å². The molecule has 0 saturated carbocycles. The molecule has 0 spiro atoms. The second-order valence-corrected chi connectivity index (χ2v) is 7.69. The molecule has 1 saturated heterocycles. The molecule has 156 valence electrons. The van der Waals surface area contributed by atoms with E-state index in [4.69, 9.17) is 9.47 Å². The van der Waals surface area contributed by atoms with E-state index < -0.39 is 0 Å². The third kappa shape index (κ3) is 4.26. The van der Waals surface area contributed by atoms with Gasteiger partial charge in [-0.15, -0.1) is 0 Å². The number of benzene rings is 3. The van der Waals surface area contributed by atoms with Crippen molar-refractivity contribution >= 4 is 16.7 Å². The Labute approximate surface area is 177 Å². The summed E-state index contributed by atoms with van der Waals surface area (Å²) in [5.74, 6) is 1.18. The molecular weight excluding hydrogens is 376 g/mol. The molecule has 5 heteroatoms. The Morgan fingerprint density at radius 1 is 1.03 bits per heavy atom. The van der Waals surface area contributed by atoms with Gasteiger partial charge < -0.3 is 19.7 Å². The van der Waals surface area contributed by atoms with Crippen LogP contribution in [-0.2, 0) is 6.54 Å². The van der Waals surface area contributed by atoms with E-state index in [0.29, 0.717) is 36.2 Å². The summed E-state index contributed by atoms with van der Waals surface area (Å²) < 4.78 is 10.7. The summed E-state index contributed by atoms with van der Waals surface area (Å²) in [7, 11) is 3.18. The first-order chi connectivity index (χ1) is 14.7. The molecule has 1 heterocycles. The predicted molar refractivity (Wildman–Crippen MR) is 119 cm³/mol. The van der Waals surface area contributed by atoms with E-state index in [9.17, 15) is 4.79 Å². The first kappa shape index (κ1) is 20.2. The highest BCUT2D eigenvalue weighted by atomic mass is 16.5. The summed E-state index contributed by atoms with van der Waals surface area (Å²) in [4.78, 5) is 15.5. The average Bonchev–Trinajstić information content (AvgIpc) is 3.31. The topological polar surface area (TPSA) is 50.8 Å². The number of rotatable bonds is 7. The maximum Gasteiger partial charge on any atom is 0.254 e. The molecule has 0 bridgehead atoms. The summed E-state index contributed by atoms with van der Waals surface area (Å²) in [5, 5.41) is 5.89. The number of hydrogen-bond acceptors (Lipinski definition) is 4. The maximum atomic E-state index is 13.5. The molecular formula is C25H28N2O3. The van der Waals surface area contributed by atoms with Crippen LogP contribution in [0.4, 0.5) is 0 Å². The number of carbonyl (C=O) groups excluding carboxylic acids is 1. The minimum atomic E-state index is -0.00223. The average molecular weight is 405 g/mol. The lowest BCUT2D eigenvalue weighted by molar-refractivity contribution is 0.0729. The molecule has 1 N–H and O–H groups in total. The van der Waals surface area contributed by atoms with Crippen molar-refractivity contribution in [3.05, 3.63) is 71.8 Å². The second-order valence-electron chi connectivity index (χ2n) is 7.69. The molecule has 1 amide bonds. The van der Waals surface area contributed by atoms with Gasteiger partial charge in [0.05, 0.1) is 14.2 Å². The van der Waals surface area contributed by atoms with Gasteiger partial charge in [0, 0.05) is 24.7 Å². The number of methoxy groups -OCH3 is 2. The van der Waals surface area contributed by atoms with Gasteiger partial charge in [-0.1, -0.05) is 42.5 Å². The Hall–Kier alpha value is -3.05. The van der Waals surface area contributed by atoms with Gasteiger partial charge in [-0.25, -0.2) is 0 Å². The molecule has 5 nitrogen and oxygen atoms in total. The number of nitrogens with zero attached hydrogens (tertiary/aromatic N) is 1. The van der Waals surface area contributed by atoms with Crippen LogP contribution in [-0.4, -0.2) is 44.2 Å². The van der Waals surface area contributed by atoms with Crippen LogP contribution in [0.2, 0.25) is 0 Å². The highest BCUT2D eigenvalue weighted by molar-refractivity contribution is 5.95. The second kappa shape index (κ2) is 9.18. The molecule has 1 aliphatic heterocycles. The Kier molecular flexibility index (Phi) is 6.19. The minimum absolute atomic E-state index is 0.00223. The molecule has 30 heavy (non-hydrogen) atoms. The summed E-state index contributed by atoms with van der Waals surface area (Å²) in [5.41, 5.74) is 1.76. The third-order valence-electron chi connectivity index (χ3n) is 5.76.